The van der Waals surface area contributed by atoms with Crippen molar-refractivity contribution in [3.05, 3.63) is 47.5 Å². The molecule has 0 aliphatic carbocycles. The van der Waals surface area contributed by atoms with Crippen LogP contribution in [0.4, 0.5) is 5.69 Å². The van der Waals surface area contributed by atoms with Crippen LogP contribution in [-0.2, 0) is 0 Å². The first-order valence-corrected chi connectivity index (χ1v) is 5.60. The lowest BCUT2D eigenvalue weighted by Gasteiger charge is -2.07. The van der Waals surface area contributed by atoms with Crippen LogP contribution in [0.15, 0.2) is 36.4 Å². The second kappa shape index (κ2) is 4.89. The maximum Gasteiger partial charge on any atom is 0.255 e. The number of rotatable bonds is 2. The van der Waals surface area contributed by atoms with Gasteiger partial charge in [0.1, 0.15) is 17.2 Å². The highest BCUT2D eigenvalue weighted by Gasteiger charge is 2.09. The Hall–Kier alpha value is -2.69. The standard InChI is InChI=1S/C14H13NO4/c1-8-2-3-10(6-13(8)18)15-14(19)9-4-11(16)7-12(17)5-9/h2-7,16-18H,1H3,(H,15,19). The highest BCUT2D eigenvalue weighted by atomic mass is 16.3. The Morgan fingerprint density at radius 1 is 1.00 bits per heavy atom. The van der Waals surface area contributed by atoms with Crippen LogP contribution in [0, 0.1) is 6.92 Å². The molecule has 19 heavy (non-hydrogen) atoms. The van der Waals surface area contributed by atoms with E-state index in [1.165, 1.54) is 18.2 Å². The average molecular weight is 259 g/mol. The highest BCUT2D eigenvalue weighted by molar-refractivity contribution is 6.04. The molecule has 0 atom stereocenters. The molecule has 0 spiro atoms. The smallest absolute Gasteiger partial charge is 0.255 e. The maximum atomic E-state index is 11.9. The van der Waals surface area contributed by atoms with Gasteiger partial charge in [0.25, 0.3) is 5.91 Å². The number of carbonyl (C=O) groups excluding carboxylic acids is 1. The lowest BCUT2D eigenvalue weighted by molar-refractivity contribution is 0.102. The van der Waals surface area contributed by atoms with E-state index in [4.69, 9.17) is 0 Å². The van der Waals surface area contributed by atoms with Gasteiger partial charge >= 0.3 is 0 Å². The molecular weight excluding hydrogens is 246 g/mol. The number of carbonyl (C=O) groups is 1. The molecule has 2 aromatic carbocycles. The Morgan fingerprint density at radius 3 is 2.21 bits per heavy atom. The molecule has 5 nitrogen and oxygen atoms in total. The summed E-state index contributed by atoms with van der Waals surface area (Å²) in [6, 6.07) is 8.36. The zero-order valence-corrected chi connectivity index (χ0v) is 10.2. The van der Waals surface area contributed by atoms with Crippen molar-refractivity contribution in [2.45, 2.75) is 6.92 Å². The lowest BCUT2D eigenvalue weighted by Crippen LogP contribution is -2.11. The van der Waals surface area contributed by atoms with Gasteiger partial charge in [0.2, 0.25) is 0 Å². The van der Waals surface area contributed by atoms with E-state index in [1.54, 1.807) is 19.1 Å². The number of nitrogens with one attached hydrogen (secondary N) is 1. The van der Waals surface area contributed by atoms with E-state index in [2.05, 4.69) is 5.32 Å². The summed E-state index contributed by atoms with van der Waals surface area (Å²) in [5.74, 6) is -0.806. The SMILES string of the molecule is Cc1ccc(NC(=O)c2cc(O)cc(O)c2)cc1O. The number of phenols is 3. The van der Waals surface area contributed by atoms with Crippen LogP contribution in [0.1, 0.15) is 15.9 Å². The van der Waals surface area contributed by atoms with E-state index in [1.807, 2.05) is 0 Å². The largest absolute Gasteiger partial charge is 0.508 e. The Balaban J connectivity index is 2.22. The van der Waals surface area contributed by atoms with Gasteiger partial charge in [-0.15, -0.1) is 0 Å². The van der Waals surface area contributed by atoms with E-state index < -0.39 is 5.91 Å². The number of phenolic OH excluding ortho intramolecular Hbond substituents is 3. The number of aromatic hydroxyl groups is 3. The van der Waals surface area contributed by atoms with Gasteiger partial charge in [-0.3, -0.25) is 4.79 Å². The molecule has 0 bridgehead atoms. The summed E-state index contributed by atoms with van der Waals surface area (Å²) in [4.78, 5) is 11.9. The molecule has 0 heterocycles. The molecule has 0 unspecified atom stereocenters. The van der Waals surface area contributed by atoms with Gasteiger partial charge in [-0.2, -0.15) is 0 Å². The molecule has 1 amide bonds. The Morgan fingerprint density at radius 2 is 1.63 bits per heavy atom. The fraction of sp³-hybridized carbons (Fsp3) is 0.0714. The lowest BCUT2D eigenvalue weighted by atomic mass is 10.1. The number of anilines is 1. The molecule has 0 radical (unpaired) electrons. The highest BCUT2D eigenvalue weighted by Crippen LogP contribution is 2.23. The van der Waals surface area contributed by atoms with Crippen LogP contribution in [0.25, 0.3) is 0 Å². The van der Waals surface area contributed by atoms with Crippen LogP contribution in [0.2, 0.25) is 0 Å². The zero-order chi connectivity index (χ0) is 14.0. The van der Waals surface area contributed by atoms with Gasteiger partial charge in [0, 0.05) is 23.4 Å². The van der Waals surface area contributed by atoms with Crippen molar-refractivity contribution in [3.8, 4) is 17.2 Å². The third-order valence-electron chi connectivity index (χ3n) is 2.63. The second-order valence-electron chi connectivity index (χ2n) is 4.19. The number of benzene rings is 2. The first kappa shape index (κ1) is 12.8. The molecule has 4 N–H and O–H groups in total. The molecule has 0 aromatic heterocycles. The number of hydrogen-bond donors (Lipinski definition) is 4. The minimum Gasteiger partial charge on any atom is -0.508 e. The van der Waals surface area contributed by atoms with Crippen LogP contribution in [0.5, 0.6) is 17.2 Å². The molecule has 98 valence electrons. The van der Waals surface area contributed by atoms with Gasteiger partial charge in [0.15, 0.2) is 0 Å². The molecule has 2 rings (SSSR count). The third kappa shape index (κ3) is 2.95. The van der Waals surface area contributed by atoms with Crippen LogP contribution >= 0.6 is 0 Å². The van der Waals surface area contributed by atoms with Crippen molar-refractivity contribution in [1.29, 1.82) is 0 Å². The van der Waals surface area contributed by atoms with Crippen molar-refractivity contribution in [2.24, 2.45) is 0 Å². The van der Waals surface area contributed by atoms with Crippen molar-refractivity contribution in [1.82, 2.24) is 0 Å². The summed E-state index contributed by atoms with van der Waals surface area (Å²) in [6.45, 7) is 1.74. The fourth-order valence-corrected chi connectivity index (χ4v) is 1.62. The van der Waals surface area contributed by atoms with Crippen molar-refractivity contribution in [3.63, 3.8) is 0 Å². The Kier molecular flexibility index (Phi) is 3.29. The molecule has 0 fully saturated rings. The number of hydrogen-bond acceptors (Lipinski definition) is 4. The van der Waals surface area contributed by atoms with E-state index in [9.17, 15) is 20.1 Å². The van der Waals surface area contributed by atoms with E-state index in [0.717, 1.165) is 6.07 Å². The maximum absolute atomic E-state index is 11.9. The fourth-order valence-electron chi connectivity index (χ4n) is 1.62. The van der Waals surface area contributed by atoms with Crippen molar-refractivity contribution < 1.29 is 20.1 Å². The molecule has 2 aromatic rings. The van der Waals surface area contributed by atoms with E-state index >= 15 is 0 Å². The van der Waals surface area contributed by atoms with Crippen LogP contribution in [0.3, 0.4) is 0 Å². The Labute approximate surface area is 109 Å². The van der Waals surface area contributed by atoms with Crippen molar-refractivity contribution >= 4 is 11.6 Å². The monoisotopic (exact) mass is 259 g/mol. The summed E-state index contributed by atoms with van der Waals surface area (Å²) >= 11 is 0. The van der Waals surface area contributed by atoms with Gasteiger partial charge in [-0.05, 0) is 30.7 Å². The number of aryl methyl sites for hydroxylation is 1. The summed E-state index contributed by atoms with van der Waals surface area (Å²) < 4.78 is 0. The Bertz CT molecular complexity index is 617. The predicted octanol–water partition coefficient (Wildman–Crippen LogP) is 2.36. The normalized spacial score (nSPS) is 10.2. The second-order valence-corrected chi connectivity index (χ2v) is 4.19. The predicted molar refractivity (Wildman–Crippen MR) is 70.6 cm³/mol. The van der Waals surface area contributed by atoms with Crippen molar-refractivity contribution in [2.75, 3.05) is 5.32 Å². The zero-order valence-electron chi connectivity index (χ0n) is 10.2. The first-order chi connectivity index (χ1) is 8.95. The molecule has 0 saturated carbocycles. The van der Waals surface area contributed by atoms with Crippen LogP contribution in [-0.4, -0.2) is 21.2 Å². The summed E-state index contributed by atoms with van der Waals surface area (Å²) in [5, 5.41) is 30.7. The topological polar surface area (TPSA) is 89.8 Å². The first-order valence-electron chi connectivity index (χ1n) is 5.60. The van der Waals surface area contributed by atoms with Gasteiger partial charge in [-0.1, -0.05) is 6.07 Å². The molecule has 0 saturated heterocycles. The van der Waals surface area contributed by atoms with Gasteiger partial charge in [0.05, 0.1) is 0 Å². The third-order valence-corrected chi connectivity index (χ3v) is 2.63. The summed E-state index contributed by atoms with van der Waals surface area (Å²) in [7, 11) is 0. The molecule has 0 aliphatic rings. The van der Waals surface area contributed by atoms with Crippen LogP contribution < -0.4 is 5.32 Å². The number of amides is 1. The molecule has 0 aliphatic heterocycles. The molecule has 5 heteroatoms. The summed E-state index contributed by atoms with van der Waals surface area (Å²) in [5.41, 5.74) is 1.25. The average Bonchev–Trinajstić information content (AvgIpc) is 2.32. The van der Waals surface area contributed by atoms with E-state index in [0.29, 0.717) is 11.3 Å². The van der Waals surface area contributed by atoms with E-state index in [-0.39, 0.29) is 22.8 Å². The molecular formula is C14H13NO4. The summed E-state index contributed by atoms with van der Waals surface area (Å²) in [6.07, 6.45) is 0. The van der Waals surface area contributed by atoms with Gasteiger partial charge < -0.3 is 20.6 Å². The minimum atomic E-state index is -0.491. The quantitative estimate of drug-likeness (QED) is 0.666. The minimum absolute atomic E-state index is 0.0801. The van der Waals surface area contributed by atoms with Gasteiger partial charge in [-0.25, -0.2) is 0 Å².